The van der Waals surface area contributed by atoms with Crippen LogP contribution < -0.4 is 0 Å². The van der Waals surface area contributed by atoms with Gasteiger partial charge in [0, 0.05) is 0 Å². The van der Waals surface area contributed by atoms with Crippen LogP contribution in [-0.4, -0.2) is 0 Å². The molecule has 0 saturated carbocycles. The molecule has 1 rings (SSSR count). The molecule has 0 atom stereocenters. The lowest BCUT2D eigenvalue weighted by atomic mass is 9.71. The number of rotatable bonds is 6. The van der Waals surface area contributed by atoms with Gasteiger partial charge in [-0.15, -0.1) is 0 Å². The van der Waals surface area contributed by atoms with E-state index in [1.54, 1.807) is 11.1 Å². The molecule has 1 aromatic rings. The van der Waals surface area contributed by atoms with Gasteiger partial charge in [0.25, 0.3) is 0 Å². The van der Waals surface area contributed by atoms with Gasteiger partial charge in [-0.25, -0.2) is 0 Å². The van der Waals surface area contributed by atoms with E-state index in [4.69, 9.17) is 0 Å². The lowest BCUT2D eigenvalue weighted by molar-refractivity contribution is 0.378. The third-order valence-electron chi connectivity index (χ3n) is 4.14. The summed E-state index contributed by atoms with van der Waals surface area (Å²) >= 11 is 0. The highest BCUT2D eigenvalue weighted by atomic mass is 14.3. The highest BCUT2D eigenvalue weighted by molar-refractivity contribution is 5.34. The summed E-state index contributed by atoms with van der Waals surface area (Å²) in [4.78, 5) is 0. The Balaban J connectivity index is 3.17. The fourth-order valence-corrected chi connectivity index (χ4v) is 2.85. The molecule has 0 radical (unpaired) electrons. The van der Waals surface area contributed by atoms with E-state index >= 15 is 0 Å². The Morgan fingerprint density at radius 2 is 1.44 bits per heavy atom. The summed E-state index contributed by atoms with van der Waals surface area (Å²) in [5.41, 5.74) is 3.58. The molecule has 90 valence electrons. The molecule has 0 aromatic heterocycles. The van der Waals surface area contributed by atoms with Crippen LogP contribution in [0.4, 0.5) is 0 Å². The van der Waals surface area contributed by atoms with Gasteiger partial charge in [0.2, 0.25) is 0 Å². The molecule has 0 aliphatic heterocycles. The van der Waals surface area contributed by atoms with E-state index in [1.165, 1.54) is 32.1 Å². The fraction of sp³-hybridized carbons (Fsp3) is 0.625. The van der Waals surface area contributed by atoms with Crippen molar-refractivity contribution in [1.82, 2.24) is 0 Å². The Hall–Kier alpha value is -0.780. The van der Waals surface area contributed by atoms with E-state index in [1.807, 2.05) is 0 Å². The molecular formula is C16H26. The Bertz CT molecular complexity index is 299. The van der Waals surface area contributed by atoms with Crippen molar-refractivity contribution in [2.24, 2.45) is 0 Å². The van der Waals surface area contributed by atoms with Crippen LogP contribution in [0.5, 0.6) is 0 Å². The third kappa shape index (κ3) is 2.48. The van der Waals surface area contributed by atoms with Crippen LogP contribution in [0.25, 0.3) is 0 Å². The van der Waals surface area contributed by atoms with Gasteiger partial charge in [0.05, 0.1) is 0 Å². The molecule has 0 unspecified atom stereocenters. The van der Waals surface area contributed by atoms with Crippen molar-refractivity contribution in [2.45, 2.75) is 65.2 Å². The summed E-state index contributed by atoms with van der Waals surface area (Å²) in [7, 11) is 0. The molecule has 0 aliphatic carbocycles. The van der Waals surface area contributed by atoms with E-state index in [0.29, 0.717) is 5.41 Å². The van der Waals surface area contributed by atoms with Crippen molar-refractivity contribution in [2.75, 3.05) is 0 Å². The van der Waals surface area contributed by atoms with E-state index in [-0.39, 0.29) is 0 Å². The minimum Gasteiger partial charge on any atom is -0.0651 e. The SMILES string of the molecule is CCCc1ccccc1C(CC)(CC)CC. The Kier molecular flexibility index (Phi) is 5.05. The molecular weight excluding hydrogens is 192 g/mol. The van der Waals surface area contributed by atoms with Gasteiger partial charge in [-0.05, 0) is 42.2 Å². The average molecular weight is 218 g/mol. The number of aryl methyl sites for hydroxylation is 1. The van der Waals surface area contributed by atoms with E-state index < -0.39 is 0 Å². The second-order valence-electron chi connectivity index (χ2n) is 4.75. The largest absolute Gasteiger partial charge is 0.0651 e. The third-order valence-corrected chi connectivity index (χ3v) is 4.14. The van der Waals surface area contributed by atoms with E-state index in [9.17, 15) is 0 Å². The second kappa shape index (κ2) is 6.08. The van der Waals surface area contributed by atoms with Crippen LogP contribution >= 0.6 is 0 Å². The Morgan fingerprint density at radius 1 is 0.875 bits per heavy atom. The van der Waals surface area contributed by atoms with Crippen molar-refractivity contribution in [3.8, 4) is 0 Å². The zero-order chi connectivity index (χ0) is 12.0. The summed E-state index contributed by atoms with van der Waals surface area (Å²) in [5, 5.41) is 0. The summed E-state index contributed by atoms with van der Waals surface area (Å²) in [5.74, 6) is 0. The Morgan fingerprint density at radius 3 is 1.94 bits per heavy atom. The lowest BCUT2D eigenvalue weighted by Crippen LogP contribution is -2.25. The zero-order valence-corrected chi connectivity index (χ0v) is 11.3. The van der Waals surface area contributed by atoms with Crippen molar-refractivity contribution >= 4 is 0 Å². The molecule has 0 heteroatoms. The molecule has 0 heterocycles. The van der Waals surface area contributed by atoms with Crippen LogP contribution in [0.1, 0.15) is 64.5 Å². The maximum atomic E-state index is 2.35. The summed E-state index contributed by atoms with van der Waals surface area (Å²) in [6.07, 6.45) is 6.21. The fourth-order valence-electron chi connectivity index (χ4n) is 2.85. The second-order valence-corrected chi connectivity index (χ2v) is 4.75. The van der Waals surface area contributed by atoms with E-state index in [0.717, 1.165) is 0 Å². The van der Waals surface area contributed by atoms with Gasteiger partial charge in [-0.2, -0.15) is 0 Å². The molecule has 0 N–H and O–H groups in total. The molecule has 0 saturated heterocycles. The van der Waals surface area contributed by atoms with Crippen molar-refractivity contribution < 1.29 is 0 Å². The number of benzene rings is 1. The average Bonchev–Trinajstić information content (AvgIpc) is 2.34. The molecule has 0 bridgehead atoms. The first-order valence-corrected chi connectivity index (χ1v) is 6.82. The predicted octanol–water partition coefficient (Wildman–Crippen LogP) is 5.11. The van der Waals surface area contributed by atoms with Crippen molar-refractivity contribution in [1.29, 1.82) is 0 Å². The molecule has 16 heavy (non-hydrogen) atoms. The van der Waals surface area contributed by atoms with Gasteiger partial charge in [-0.3, -0.25) is 0 Å². The van der Waals surface area contributed by atoms with Gasteiger partial charge in [0.1, 0.15) is 0 Å². The van der Waals surface area contributed by atoms with Crippen LogP contribution in [0.2, 0.25) is 0 Å². The van der Waals surface area contributed by atoms with Crippen molar-refractivity contribution in [3.63, 3.8) is 0 Å². The monoisotopic (exact) mass is 218 g/mol. The standard InChI is InChI=1S/C16H26/c1-5-11-14-12-9-10-13-15(14)16(6-2,7-3)8-4/h9-10,12-13H,5-8,11H2,1-4H3. The summed E-state index contributed by atoms with van der Waals surface area (Å²) < 4.78 is 0. The van der Waals surface area contributed by atoms with Gasteiger partial charge in [-0.1, -0.05) is 58.4 Å². The summed E-state index contributed by atoms with van der Waals surface area (Å²) in [6.45, 7) is 9.25. The van der Waals surface area contributed by atoms with Crippen LogP contribution in [0.15, 0.2) is 24.3 Å². The van der Waals surface area contributed by atoms with Gasteiger partial charge in [0.15, 0.2) is 0 Å². The minimum absolute atomic E-state index is 0.408. The van der Waals surface area contributed by atoms with Crippen molar-refractivity contribution in [3.05, 3.63) is 35.4 Å². The molecule has 0 fully saturated rings. The molecule has 0 nitrogen and oxygen atoms in total. The maximum Gasteiger partial charge on any atom is -0.00521 e. The number of hydrogen-bond donors (Lipinski definition) is 0. The smallest absolute Gasteiger partial charge is 0.00521 e. The summed E-state index contributed by atoms with van der Waals surface area (Å²) in [6, 6.07) is 9.04. The first-order chi connectivity index (χ1) is 7.74. The van der Waals surface area contributed by atoms with E-state index in [2.05, 4.69) is 52.0 Å². The molecule has 1 aromatic carbocycles. The van der Waals surface area contributed by atoms with Crippen LogP contribution in [0.3, 0.4) is 0 Å². The number of hydrogen-bond acceptors (Lipinski definition) is 0. The Labute approximate surface area is 101 Å². The van der Waals surface area contributed by atoms with Crippen LogP contribution in [-0.2, 0) is 11.8 Å². The zero-order valence-electron chi connectivity index (χ0n) is 11.3. The molecule has 0 amide bonds. The van der Waals surface area contributed by atoms with Gasteiger partial charge < -0.3 is 0 Å². The molecule has 0 aliphatic rings. The van der Waals surface area contributed by atoms with Crippen LogP contribution in [0, 0.1) is 0 Å². The normalized spacial score (nSPS) is 11.8. The highest BCUT2D eigenvalue weighted by Crippen LogP contribution is 2.37. The topological polar surface area (TPSA) is 0 Å². The maximum absolute atomic E-state index is 2.35. The first kappa shape index (κ1) is 13.3. The first-order valence-electron chi connectivity index (χ1n) is 6.82. The molecule has 0 spiro atoms. The van der Waals surface area contributed by atoms with Gasteiger partial charge >= 0.3 is 0 Å². The quantitative estimate of drug-likeness (QED) is 0.622. The highest BCUT2D eigenvalue weighted by Gasteiger charge is 2.27. The minimum atomic E-state index is 0.408. The predicted molar refractivity (Wildman–Crippen MR) is 73.0 cm³/mol. The lowest BCUT2D eigenvalue weighted by Gasteiger charge is -2.33.